The molecule has 0 amide bonds. The van der Waals surface area contributed by atoms with Crippen molar-refractivity contribution in [2.24, 2.45) is 0 Å². The van der Waals surface area contributed by atoms with E-state index in [-0.39, 0.29) is 12.3 Å². The summed E-state index contributed by atoms with van der Waals surface area (Å²) in [5.41, 5.74) is 2.34. The van der Waals surface area contributed by atoms with Gasteiger partial charge in [-0.3, -0.25) is 0 Å². The first-order chi connectivity index (χ1) is 9.85. The van der Waals surface area contributed by atoms with Crippen LogP contribution in [0.4, 0.5) is 18.9 Å². The lowest BCUT2D eigenvalue weighted by Gasteiger charge is -2.14. The van der Waals surface area contributed by atoms with E-state index in [9.17, 15) is 13.2 Å². The molecule has 0 heterocycles. The second-order valence-electron chi connectivity index (χ2n) is 4.47. The van der Waals surface area contributed by atoms with E-state index < -0.39 is 6.36 Å². The van der Waals surface area contributed by atoms with Gasteiger partial charge in [0.2, 0.25) is 0 Å². The number of hydrogen-bond acceptors (Lipinski definition) is 2. The van der Waals surface area contributed by atoms with Crippen LogP contribution in [0.5, 0.6) is 5.75 Å². The average Bonchev–Trinajstić information content (AvgIpc) is 2.40. The van der Waals surface area contributed by atoms with E-state index in [4.69, 9.17) is 0 Å². The van der Waals surface area contributed by atoms with Gasteiger partial charge in [-0.2, -0.15) is 0 Å². The van der Waals surface area contributed by atoms with Crippen molar-refractivity contribution < 1.29 is 17.9 Å². The van der Waals surface area contributed by atoms with Crippen LogP contribution in [0.15, 0.2) is 46.9 Å². The molecule has 0 radical (unpaired) electrons. The fraction of sp³-hybridized carbons (Fsp3) is 0.200. The van der Waals surface area contributed by atoms with Crippen molar-refractivity contribution in [2.75, 3.05) is 5.32 Å². The standard InChI is InChI=1S/C15H13BrF3NO/c1-10-6-7-12(8-13(10)16)20-9-11-4-2-3-5-14(11)21-15(17,18)19/h2-8,20H,9H2,1H3. The molecule has 2 rings (SSSR count). The first-order valence-corrected chi connectivity index (χ1v) is 6.98. The van der Waals surface area contributed by atoms with E-state index in [1.807, 2.05) is 25.1 Å². The highest BCUT2D eigenvalue weighted by atomic mass is 79.9. The van der Waals surface area contributed by atoms with E-state index in [2.05, 4.69) is 26.0 Å². The minimum Gasteiger partial charge on any atom is -0.405 e. The number of para-hydroxylation sites is 1. The number of alkyl halides is 3. The highest BCUT2D eigenvalue weighted by Crippen LogP contribution is 2.27. The van der Waals surface area contributed by atoms with Crippen molar-refractivity contribution in [3.63, 3.8) is 0 Å². The van der Waals surface area contributed by atoms with Crippen LogP contribution in [0.2, 0.25) is 0 Å². The van der Waals surface area contributed by atoms with Gasteiger partial charge in [0.25, 0.3) is 0 Å². The molecule has 0 aromatic heterocycles. The third kappa shape index (κ3) is 4.67. The summed E-state index contributed by atoms with van der Waals surface area (Å²) >= 11 is 3.41. The molecule has 0 unspecified atom stereocenters. The summed E-state index contributed by atoms with van der Waals surface area (Å²) in [5, 5.41) is 3.08. The lowest BCUT2D eigenvalue weighted by atomic mass is 10.2. The van der Waals surface area contributed by atoms with Crippen molar-refractivity contribution in [1.29, 1.82) is 0 Å². The Labute approximate surface area is 129 Å². The molecular weight excluding hydrogens is 347 g/mol. The zero-order valence-electron chi connectivity index (χ0n) is 11.2. The van der Waals surface area contributed by atoms with Gasteiger partial charge in [0.15, 0.2) is 0 Å². The second kappa shape index (κ2) is 6.39. The summed E-state index contributed by atoms with van der Waals surface area (Å²) in [7, 11) is 0. The van der Waals surface area contributed by atoms with Crippen molar-refractivity contribution >= 4 is 21.6 Å². The highest BCUT2D eigenvalue weighted by Gasteiger charge is 2.31. The molecule has 21 heavy (non-hydrogen) atoms. The number of ether oxygens (including phenoxy) is 1. The molecule has 0 fully saturated rings. The van der Waals surface area contributed by atoms with Crippen LogP contribution in [0.3, 0.4) is 0 Å². The van der Waals surface area contributed by atoms with Crippen molar-refractivity contribution in [3.05, 3.63) is 58.1 Å². The molecule has 0 saturated carbocycles. The Morgan fingerprint density at radius 3 is 2.52 bits per heavy atom. The SMILES string of the molecule is Cc1ccc(NCc2ccccc2OC(F)(F)F)cc1Br. The largest absolute Gasteiger partial charge is 0.573 e. The fourth-order valence-electron chi connectivity index (χ4n) is 1.77. The van der Waals surface area contributed by atoms with Crippen molar-refractivity contribution in [3.8, 4) is 5.75 Å². The summed E-state index contributed by atoms with van der Waals surface area (Å²) in [4.78, 5) is 0. The number of anilines is 1. The first kappa shape index (κ1) is 15.7. The number of nitrogens with one attached hydrogen (secondary N) is 1. The third-order valence-electron chi connectivity index (χ3n) is 2.85. The number of halogens is 4. The van der Waals surface area contributed by atoms with E-state index >= 15 is 0 Å². The van der Waals surface area contributed by atoms with Crippen LogP contribution in [0.25, 0.3) is 0 Å². The van der Waals surface area contributed by atoms with Gasteiger partial charge in [0.1, 0.15) is 5.75 Å². The Hall–Kier alpha value is -1.69. The van der Waals surface area contributed by atoms with Gasteiger partial charge in [-0.25, -0.2) is 0 Å². The predicted octanol–water partition coefficient (Wildman–Crippen LogP) is 5.27. The van der Waals surface area contributed by atoms with Crippen LogP contribution >= 0.6 is 15.9 Å². The summed E-state index contributed by atoms with van der Waals surface area (Å²) in [6, 6.07) is 11.7. The summed E-state index contributed by atoms with van der Waals surface area (Å²) in [5.74, 6) is -0.191. The zero-order chi connectivity index (χ0) is 15.5. The summed E-state index contributed by atoms with van der Waals surface area (Å²) < 4.78 is 42.0. The number of hydrogen-bond donors (Lipinski definition) is 1. The maximum atomic E-state index is 12.3. The van der Waals surface area contributed by atoms with E-state index in [1.165, 1.54) is 12.1 Å². The molecule has 0 aliphatic heterocycles. The minimum absolute atomic E-state index is 0.191. The molecule has 0 saturated heterocycles. The number of rotatable bonds is 4. The summed E-state index contributed by atoms with van der Waals surface area (Å²) in [6.45, 7) is 2.20. The van der Waals surface area contributed by atoms with Gasteiger partial charge in [0, 0.05) is 22.3 Å². The minimum atomic E-state index is -4.69. The Morgan fingerprint density at radius 2 is 1.86 bits per heavy atom. The van der Waals surface area contributed by atoms with Crippen LogP contribution in [0.1, 0.15) is 11.1 Å². The quantitative estimate of drug-likeness (QED) is 0.802. The van der Waals surface area contributed by atoms with E-state index in [0.29, 0.717) is 5.56 Å². The van der Waals surface area contributed by atoms with Crippen LogP contribution < -0.4 is 10.1 Å². The van der Waals surface area contributed by atoms with Gasteiger partial charge in [-0.1, -0.05) is 40.2 Å². The number of aryl methyl sites for hydroxylation is 1. The predicted molar refractivity (Wildman–Crippen MR) is 79.3 cm³/mol. The molecular formula is C15H13BrF3NO. The molecule has 2 aromatic carbocycles. The number of benzene rings is 2. The Morgan fingerprint density at radius 1 is 1.14 bits per heavy atom. The molecule has 0 spiro atoms. The van der Waals surface area contributed by atoms with Crippen molar-refractivity contribution in [2.45, 2.75) is 19.8 Å². The molecule has 1 N–H and O–H groups in total. The van der Waals surface area contributed by atoms with Gasteiger partial charge in [0.05, 0.1) is 0 Å². The Balaban J connectivity index is 2.11. The average molecular weight is 360 g/mol. The van der Waals surface area contributed by atoms with E-state index in [1.54, 1.807) is 12.1 Å². The molecule has 2 aromatic rings. The molecule has 0 bridgehead atoms. The smallest absolute Gasteiger partial charge is 0.405 e. The molecule has 6 heteroatoms. The zero-order valence-corrected chi connectivity index (χ0v) is 12.8. The lowest BCUT2D eigenvalue weighted by molar-refractivity contribution is -0.274. The van der Waals surface area contributed by atoms with Crippen molar-refractivity contribution in [1.82, 2.24) is 0 Å². The Kier molecular flexibility index (Phi) is 4.77. The van der Waals surface area contributed by atoms with E-state index in [0.717, 1.165) is 15.7 Å². The van der Waals surface area contributed by atoms with Gasteiger partial charge < -0.3 is 10.1 Å². The van der Waals surface area contributed by atoms with Gasteiger partial charge in [-0.05, 0) is 30.7 Å². The Bertz CT molecular complexity index is 629. The maximum Gasteiger partial charge on any atom is 0.573 e. The highest BCUT2D eigenvalue weighted by molar-refractivity contribution is 9.10. The normalized spacial score (nSPS) is 11.3. The lowest BCUT2D eigenvalue weighted by Crippen LogP contribution is -2.18. The molecule has 0 aliphatic rings. The van der Waals surface area contributed by atoms with Crippen LogP contribution in [-0.2, 0) is 6.54 Å². The topological polar surface area (TPSA) is 21.3 Å². The maximum absolute atomic E-state index is 12.3. The van der Waals surface area contributed by atoms with Crippen LogP contribution in [-0.4, -0.2) is 6.36 Å². The second-order valence-corrected chi connectivity index (χ2v) is 5.33. The van der Waals surface area contributed by atoms with Gasteiger partial charge in [-0.15, -0.1) is 13.2 Å². The molecule has 0 aliphatic carbocycles. The molecule has 2 nitrogen and oxygen atoms in total. The van der Waals surface area contributed by atoms with Crippen LogP contribution in [0, 0.1) is 6.92 Å². The monoisotopic (exact) mass is 359 g/mol. The third-order valence-corrected chi connectivity index (χ3v) is 3.71. The molecule has 0 atom stereocenters. The first-order valence-electron chi connectivity index (χ1n) is 6.19. The van der Waals surface area contributed by atoms with Gasteiger partial charge >= 0.3 is 6.36 Å². The fourth-order valence-corrected chi connectivity index (χ4v) is 2.15. The summed E-state index contributed by atoms with van der Waals surface area (Å²) in [6.07, 6.45) is -4.69. The molecule has 112 valence electrons.